The first-order valence-electron chi connectivity index (χ1n) is 6.48. The molecule has 0 aliphatic carbocycles. The molecule has 112 valence electrons. The molecule has 9 heteroatoms. The zero-order chi connectivity index (χ0) is 15.1. The average molecular weight is 293 g/mol. The number of nitrogens with one attached hydrogen (secondary N) is 1. The number of aliphatic hydroxyl groups excluding tert-OH is 2. The van der Waals surface area contributed by atoms with Gasteiger partial charge in [0.25, 0.3) is 0 Å². The Morgan fingerprint density at radius 1 is 1.43 bits per heavy atom. The van der Waals surface area contributed by atoms with Crippen molar-refractivity contribution in [3.05, 3.63) is 21.9 Å². The number of ether oxygens (including phenoxy) is 1. The molecule has 0 aromatic carbocycles. The largest absolute Gasteiger partial charge is 0.394 e. The van der Waals surface area contributed by atoms with Gasteiger partial charge in [-0.2, -0.15) is 4.98 Å². The van der Waals surface area contributed by atoms with Gasteiger partial charge in [-0.1, -0.05) is 0 Å². The summed E-state index contributed by atoms with van der Waals surface area (Å²) in [5.74, 6) is 0.0107. The predicted octanol–water partition coefficient (Wildman–Crippen LogP) is -1.21. The summed E-state index contributed by atoms with van der Waals surface area (Å²) in [6, 6.07) is 0. The maximum atomic E-state index is 11.4. The lowest BCUT2D eigenvalue weighted by atomic mass is 10.1. The quantitative estimate of drug-likeness (QED) is 0.539. The van der Waals surface area contributed by atoms with Crippen LogP contribution in [-0.4, -0.2) is 49.0 Å². The topological polar surface area (TPSA) is 147 Å². The van der Waals surface area contributed by atoms with E-state index in [9.17, 15) is 9.90 Å². The number of hydrogen-bond donors (Lipinski definition) is 4. The molecule has 3 rings (SSSR count). The normalized spacial score (nSPS) is 25.6. The van der Waals surface area contributed by atoms with Gasteiger partial charge in [0.05, 0.1) is 24.1 Å². The number of nitrogens with two attached hydrogens (primary N) is 1. The lowest BCUT2D eigenvalue weighted by Crippen LogP contribution is -2.24. The number of H-pyrrole nitrogens is 1. The maximum Gasteiger partial charge on any atom is 0.348 e. The Bertz CT molecular complexity index is 746. The van der Waals surface area contributed by atoms with Crippen molar-refractivity contribution < 1.29 is 14.9 Å². The molecule has 1 aliphatic rings. The van der Waals surface area contributed by atoms with Crippen LogP contribution in [0.3, 0.4) is 0 Å². The highest BCUT2D eigenvalue weighted by Crippen LogP contribution is 2.33. The van der Waals surface area contributed by atoms with Crippen molar-refractivity contribution in [3.8, 4) is 0 Å². The summed E-state index contributed by atoms with van der Waals surface area (Å²) in [4.78, 5) is 26.0. The van der Waals surface area contributed by atoms with E-state index < -0.39 is 24.0 Å². The SMILES string of the molecule is Cc1nc2c(N)nc(=O)[nH]c2nc1[C@H]1C[C@H](O)[C@@H](CO)O1. The standard InChI is InChI=1S/C12H15N5O4/c1-4-8(6-2-5(19)7(3-18)21-6)15-11-9(14-4)10(13)16-12(20)17-11/h5-7,18-19H,2-3H2,1H3,(H3,13,15,16,17,20)/t5-,6+,7+/m0/s1. The van der Waals surface area contributed by atoms with Gasteiger partial charge in [-0.05, 0) is 6.92 Å². The second-order valence-corrected chi connectivity index (χ2v) is 4.97. The highest BCUT2D eigenvalue weighted by atomic mass is 16.5. The molecule has 2 aromatic rings. The van der Waals surface area contributed by atoms with E-state index in [1.165, 1.54) is 0 Å². The number of aliphatic hydroxyl groups is 2. The molecule has 21 heavy (non-hydrogen) atoms. The summed E-state index contributed by atoms with van der Waals surface area (Å²) in [7, 11) is 0. The van der Waals surface area contributed by atoms with Crippen LogP contribution in [0, 0.1) is 6.92 Å². The van der Waals surface area contributed by atoms with Crippen molar-refractivity contribution in [1.29, 1.82) is 0 Å². The molecule has 0 amide bonds. The monoisotopic (exact) mass is 293 g/mol. The minimum absolute atomic E-state index is 0.0107. The second-order valence-electron chi connectivity index (χ2n) is 4.97. The van der Waals surface area contributed by atoms with Crippen LogP contribution in [0.15, 0.2) is 4.79 Å². The van der Waals surface area contributed by atoms with Gasteiger partial charge in [0.15, 0.2) is 11.5 Å². The Balaban J connectivity index is 2.08. The lowest BCUT2D eigenvalue weighted by Gasteiger charge is -2.14. The van der Waals surface area contributed by atoms with Gasteiger partial charge >= 0.3 is 5.69 Å². The van der Waals surface area contributed by atoms with Crippen molar-refractivity contribution in [2.75, 3.05) is 12.3 Å². The molecular formula is C12H15N5O4. The molecule has 1 aliphatic heterocycles. The van der Waals surface area contributed by atoms with Crippen LogP contribution in [0.2, 0.25) is 0 Å². The molecule has 5 N–H and O–H groups in total. The van der Waals surface area contributed by atoms with E-state index >= 15 is 0 Å². The summed E-state index contributed by atoms with van der Waals surface area (Å²) in [6.45, 7) is 1.46. The molecule has 1 fully saturated rings. The zero-order valence-corrected chi connectivity index (χ0v) is 11.3. The van der Waals surface area contributed by atoms with Crippen LogP contribution >= 0.6 is 0 Å². The Morgan fingerprint density at radius 2 is 2.19 bits per heavy atom. The number of fused-ring (bicyclic) bond motifs is 1. The van der Waals surface area contributed by atoms with Crippen molar-refractivity contribution in [1.82, 2.24) is 19.9 Å². The molecule has 0 radical (unpaired) electrons. The van der Waals surface area contributed by atoms with Crippen LogP contribution in [0.4, 0.5) is 5.82 Å². The molecule has 0 unspecified atom stereocenters. The van der Waals surface area contributed by atoms with Crippen LogP contribution < -0.4 is 11.4 Å². The number of hydrogen-bond acceptors (Lipinski definition) is 8. The second kappa shape index (κ2) is 5.02. The van der Waals surface area contributed by atoms with Crippen molar-refractivity contribution in [3.63, 3.8) is 0 Å². The third kappa shape index (κ3) is 2.35. The van der Waals surface area contributed by atoms with Crippen LogP contribution in [0.5, 0.6) is 0 Å². The van der Waals surface area contributed by atoms with E-state index in [-0.39, 0.29) is 18.1 Å². The minimum Gasteiger partial charge on any atom is -0.394 e. The summed E-state index contributed by atoms with van der Waals surface area (Å²) in [5.41, 5.74) is 6.65. The smallest absolute Gasteiger partial charge is 0.348 e. The van der Waals surface area contributed by atoms with E-state index in [1.54, 1.807) is 6.92 Å². The fourth-order valence-corrected chi connectivity index (χ4v) is 2.46. The summed E-state index contributed by atoms with van der Waals surface area (Å²) in [5, 5.41) is 18.9. The van der Waals surface area contributed by atoms with E-state index in [1.807, 2.05) is 0 Å². The van der Waals surface area contributed by atoms with Gasteiger partial charge in [-0.15, -0.1) is 0 Å². The molecule has 0 spiro atoms. The number of aromatic amines is 1. The fourth-order valence-electron chi connectivity index (χ4n) is 2.46. The van der Waals surface area contributed by atoms with E-state index in [4.69, 9.17) is 15.6 Å². The lowest BCUT2D eigenvalue weighted by molar-refractivity contribution is -0.0237. The van der Waals surface area contributed by atoms with Gasteiger partial charge in [0, 0.05) is 6.42 Å². The number of aromatic nitrogens is 4. The molecule has 0 saturated carbocycles. The minimum atomic E-state index is -0.765. The Hall–Kier alpha value is -2.10. The van der Waals surface area contributed by atoms with Gasteiger partial charge in [0.2, 0.25) is 0 Å². The van der Waals surface area contributed by atoms with Crippen molar-refractivity contribution in [2.24, 2.45) is 0 Å². The molecular weight excluding hydrogens is 278 g/mol. The summed E-state index contributed by atoms with van der Waals surface area (Å²) >= 11 is 0. The molecule has 1 saturated heterocycles. The molecule has 9 nitrogen and oxygen atoms in total. The van der Waals surface area contributed by atoms with Gasteiger partial charge in [0.1, 0.15) is 17.7 Å². The summed E-state index contributed by atoms with van der Waals surface area (Å²) in [6.07, 6.45) is -1.60. The van der Waals surface area contributed by atoms with Crippen molar-refractivity contribution in [2.45, 2.75) is 31.7 Å². The Morgan fingerprint density at radius 3 is 2.86 bits per heavy atom. The highest BCUT2D eigenvalue weighted by molar-refractivity contribution is 5.80. The van der Waals surface area contributed by atoms with E-state index in [2.05, 4.69) is 19.9 Å². The van der Waals surface area contributed by atoms with Crippen LogP contribution in [0.25, 0.3) is 11.2 Å². The van der Waals surface area contributed by atoms with Crippen molar-refractivity contribution >= 4 is 17.0 Å². The van der Waals surface area contributed by atoms with Gasteiger partial charge < -0.3 is 20.7 Å². The number of aryl methyl sites for hydroxylation is 1. The first kappa shape index (κ1) is 13.9. The Kier molecular flexibility index (Phi) is 3.32. The Labute approximate surface area is 118 Å². The van der Waals surface area contributed by atoms with Gasteiger partial charge in [-0.3, -0.25) is 4.98 Å². The van der Waals surface area contributed by atoms with Crippen LogP contribution in [-0.2, 0) is 4.74 Å². The van der Waals surface area contributed by atoms with Gasteiger partial charge in [-0.25, -0.2) is 14.8 Å². The highest BCUT2D eigenvalue weighted by Gasteiger charge is 2.36. The number of anilines is 1. The third-order valence-electron chi connectivity index (χ3n) is 3.51. The molecule has 3 atom stereocenters. The first-order valence-corrected chi connectivity index (χ1v) is 6.48. The van der Waals surface area contributed by atoms with Crippen LogP contribution in [0.1, 0.15) is 23.9 Å². The zero-order valence-electron chi connectivity index (χ0n) is 11.3. The molecule has 0 bridgehead atoms. The first-order chi connectivity index (χ1) is 9.99. The molecule has 2 aromatic heterocycles. The number of nitrogens with zero attached hydrogens (tertiary/aromatic N) is 3. The van der Waals surface area contributed by atoms with E-state index in [0.29, 0.717) is 23.3 Å². The molecule has 3 heterocycles. The fraction of sp³-hybridized carbons (Fsp3) is 0.500. The number of rotatable bonds is 2. The third-order valence-corrected chi connectivity index (χ3v) is 3.51. The number of nitrogen functional groups attached to an aromatic ring is 1. The maximum absolute atomic E-state index is 11.4. The summed E-state index contributed by atoms with van der Waals surface area (Å²) < 4.78 is 5.56. The predicted molar refractivity (Wildman–Crippen MR) is 72.4 cm³/mol. The van der Waals surface area contributed by atoms with E-state index in [0.717, 1.165) is 0 Å². The average Bonchev–Trinajstić information content (AvgIpc) is 2.80.